The van der Waals surface area contributed by atoms with Gasteiger partial charge in [0, 0.05) is 25.2 Å². The van der Waals surface area contributed by atoms with E-state index in [0.29, 0.717) is 18.6 Å². The second-order valence-corrected chi connectivity index (χ2v) is 5.33. The van der Waals surface area contributed by atoms with Crippen LogP contribution in [0.3, 0.4) is 0 Å². The van der Waals surface area contributed by atoms with Gasteiger partial charge in [-0.1, -0.05) is 0 Å². The van der Waals surface area contributed by atoms with E-state index in [1.165, 1.54) is 0 Å². The first kappa shape index (κ1) is 14.1. The Hall–Kier alpha value is -1.33. The molecule has 2 rings (SSSR count). The fraction of sp³-hybridized carbons (Fsp3) is 0.643. The summed E-state index contributed by atoms with van der Waals surface area (Å²) >= 11 is 0. The minimum atomic E-state index is -0.116. The summed E-state index contributed by atoms with van der Waals surface area (Å²) in [4.78, 5) is 14.4. The van der Waals surface area contributed by atoms with Crippen LogP contribution in [0.5, 0.6) is 0 Å². The van der Waals surface area contributed by atoms with Crippen molar-refractivity contribution in [2.75, 3.05) is 13.1 Å². The molecule has 1 aliphatic heterocycles. The zero-order chi connectivity index (χ0) is 13.8. The Morgan fingerprint density at radius 1 is 1.63 bits per heavy atom. The van der Waals surface area contributed by atoms with Crippen LogP contribution in [0.15, 0.2) is 22.8 Å². The van der Waals surface area contributed by atoms with Crippen molar-refractivity contribution in [2.24, 2.45) is 0 Å². The Balaban J connectivity index is 1.87. The maximum absolute atomic E-state index is 12.2. The summed E-state index contributed by atoms with van der Waals surface area (Å²) in [5.74, 6) is 0.833. The molecular weight excluding hydrogens is 242 g/mol. The molecule has 3 unspecified atom stereocenters. The lowest BCUT2D eigenvalue weighted by Crippen LogP contribution is -2.59. The van der Waals surface area contributed by atoms with Gasteiger partial charge in [-0.3, -0.25) is 9.69 Å². The van der Waals surface area contributed by atoms with E-state index in [4.69, 9.17) is 4.42 Å². The largest absolute Gasteiger partial charge is 0.467 e. The number of hydrogen-bond acceptors (Lipinski definition) is 4. The Kier molecular flexibility index (Phi) is 4.61. The number of hydrogen-bond donors (Lipinski definition) is 2. The third-order valence-electron chi connectivity index (χ3n) is 3.71. The van der Waals surface area contributed by atoms with E-state index in [9.17, 15) is 4.79 Å². The maximum Gasteiger partial charge on any atom is 0.237 e. The zero-order valence-electron chi connectivity index (χ0n) is 11.8. The average molecular weight is 265 g/mol. The van der Waals surface area contributed by atoms with Crippen LogP contribution >= 0.6 is 0 Å². The van der Waals surface area contributed by atoms with Crippen molar-refractivity contribution in [1.82, 2.24) is 15.5 Å². The zero-order valence-corrected chi connectivity index (χ0v) is 11.8. The van der Waals surface area contributed by atoms with E-state index < -0.39 is 0 Å². The van der Waals surface area contributed by atoms with Gasteiger partial charge in [0.15, 0.2) is 0 Å². The third-order valence-corrected chi connectivity index (χ3v) is 3.71. The van der Waals surface area contributed by atoms with Gasteiger partial charge in [-0.2, -0.15) is 0 Å². The van der Waals surface area contributed by atoms with Gasteiger partial charge in [0.05, 0.1) is 18.8 Å². The van der Waals surface area contributed by atoms with Crippen LogP contribution in [0.25, 0.3) is 0 Å². The number of furan rings is 1. The van der Waals surface area contributed by atoms with Crippen molar-refractivity contribution in [3.63, 3.8) is 0 Å². The van der Waals surface area contributed by atoms with Crippen molar-refractivity contribution in [3.05, 3.63) is 24.2 Å². The fourth-order valence-electron chi connectivity index (χ4n) is 2.48. The summed E-state index contributed by atoms with van der Waals surface area (Å²) in [6.45, 7) is 8.53. The smallest absolute Gasteiger partial charge is 0.237 e. The van der Waals surface area contributed by atoms with E-state index in [1.807, 2.05) is 19.1 Å². The maximum atomic E-state index is 12.2. The number of carbonyl (C=O) groups excluding carboxylic acids is 1. The summed E-state index contributed by atoms with van der Waals surface area (Å²) in [6, 6.07) is 4.37. The Morgan fingerprint density at radius 2 is 2.42 bits per heavy atom. The molecule has 3 atom stereocenters. The van der Waals surface area contributed by atoms with E-state index in [0.717, 1.165) is 18.8 Å². The monoisotopic (exact) mass is 265 g/mol. The molecule has 2 N–H and O–H groups in total. The van der Waals surface area contributed by atoms with Crippen molar-refractivity contribution in [2.45, 2.75) is 45.4 Å². The minimum absolute atomic E-state index is 0.0531. The first-order valence-electron chi connectivity index (χ1n) is 6.87. The van der Waals surface area contributed by atoms with Crippen LogP contribution in [0.1, 0.15) is 26.5 Å². The molecule has 5 heteroatoms. The molecule has 0 spiro atoms. The summed E-state index contributed by atoms with van der Waals surface area (Å²) in [7, 11) is 0. The Morgan fingerprint density at radius 3 is 3.11 bits per heavy atom. The number of amides is 1. The lowest BCUT2D eigenvalue weighted by molar-refractivity contribution is -0.127. The molecule has 0 radical (unpaired) electrons. The van der Waals surface area contributed by atoms with Crippen molar-refractivity contribution in [3.8, 4) is 0 Å². The van der Waals surface area contributed by atoms with Crippen LogP contribution in [-0.2, 0) is 11.3 Å². The van der Waals surface area contributed by atoms with Crippen molar-refractivity contribution < 1.29 is 9.21 Å². The quantitative estimate of drug-likeness (QED) is 0.851. The molecule has 0 bridgehead atoms. The van der Waals surface area contributed by atoms with Gasteiger partial charge in [-0.15, -0.1) is 0 Å². The molecule has 1 aliphatic rings. The van der Waals surface area contributed by atoms with Crippen LogP contribution in [0.4, 0.5) is 0 Å². The summed E-state index contributed by atoms with van der Waals surface area (Å²) in [6.07, 6.45) is 1.62. The molecule has 1 fully saturated rings. The van der Waals surface area contributed by atoms with E-state index in [2.05, 4.69) is 29.4 Å². The number of rotatable bonds is 4. The second-order valence-electron chi connectivity index (χ2n) is 5.33. The highest BCUT2D eigenvalue weighted by Gasteiger charge is 2.29. The molecule has 1 aromatic heterocycles. The molecule has 2 heterocycles. The van der Waals surface area contributed by atoms with Crippen LogP contribution < -0.4 is 10.6 Å². The number of nitrogens with one attached hydrogen (secondary N) is 2. The van der Waals surface area contributed by atoms with Gasteiger partial charge in [0.1, 0.15) is 5.76 Å². The summed E-state index contributed by atoms with van der Waals surface area (Å²) in [5.41, 5.74) is 0. The van der Waals surface area contributed by atoms with E-state index in [-0.39, 0.29) is 11.9 Å². The molecule has 0 aliphatic carbocycles. The van der Waals surface area contributed by atoms with Crippen molar-refractivity contribution in [1.29, 1.82) is 0 Å². The van der Waals surface area contributed by atoms with Gasteiger partial charge in [-0.25, -0.2) is 0 Å². The molecule has 1 aromatic rings. The normalized spacial score (nSPS) is 26.1. The van der Waals surface area contributed by atoms with E-state index >= 15 is 0 Å². The molecule has 5 nitrogen and oxygen atoms in total. The summed E-state index contributed by atoms with van der Waals surface area (Å²) in [5, 5.41) is 6.34. The fourth-order valence-corrected chi connectivity index (χ4v) is 2.48. The lowest BCUT2D eigenvalue weighted by atomic mass is 10.1. The Bertz CT molecular complexity index is 405. The van der Waals surface area contributed by atoms with Gasteiger partial charge < -0.3 is 15.1 Å². The van der Waals surface area contributed by atoms with Crippen LogP contribution in [0, 0.1) is 0 Å². The summed E-state index contributed by atoms with van der Waals surface area (Å²) < 4.78 is 5.21. The van der Waals surface area contributed by atoms with Gasteiger partial charge in [0.2, 0.25) is 5.91 Å². The predicted octanol–water partition coefficient (Wildman–Crippen LogP) is 0.966. The van der Waals surface area contributed by atoms with Crippen LogP contribution in [-0.4, -0.2) is 42.0 Å². The standard InChI is InChI=1S/C14H23N3O2/c1-10-9-17(11(2)7-15-10)12(3)14(18)16-8-13-5-4-6-19-13/h4-6,10-12,15H,7-9H2,1-3H3,(H,16,18). The molecule has 1 saturated heterocycles. The van der Waals surface area contributed by atoms with Crippen LogP contribution in [0.2, 0.25) is 0 Å². The number of piperazine rings is 1. The van der Waals surface area contributed by atoms with Crippen molar-refractivity contribution >= 4 is 5.91 Å². The molecule has 0 aromatic carbocycles. The van der Waals surface area contributed by atoms with Gasteiger partial charge in [0.25, 0.3) is 0 Å². The van der Waals surface area contributed by atoms with E-state index in [1.54, 1.807) is 6.26 Å². The second kappa shape index (κ2) is 6.21. The van der Waals surface area contributed by atoms with Gasteiger partial charge >= 0.3 is 0 Å². The molecule has 0 saturated carbocycles. The van der Waals surface area contributed by atoms with Gasteiger partial charge in [-0.05, 0) is 32.9 Å². The number of nitrogens with zero attached hydrogens (tertiary/aromatic N) is 1. The number of carbonyl (C=O) groups is 1. The molecule has 19 heavy (non-hydrogen) atoms. The third kappa shape index (κ3) is 3.58. The predicted molar refractivity (Wildman–Crippen MR) is 73.6 cm³/mol. The lowest BCUT2D eigenvalue weighted by Gasteiger charge is -2.40. The topological polar surface area (TPSA) is 57.5 Å². The minimum Gasteiger partial charge on any atom is -0.467 e. The highest BCUT2D eigenvalue weighted by atomic mass is 16.3. The average Bonchev–Trinajstić information content (AvgIpc) is 2.91. The molecule has 106 valence electrons. The first-order valence-corrected chi connectivity index (χ1v) is 6.87. The Labute approximate surface area is 114 Å². The highest BCUT2D eigenvalue weighted by molar-refractivity contribution is 5.81. The highest BCUT2D eigenvalue weighted by Crippen LogP contribution is 2.11. The SMILES string of the molecule is CC1CN(C(C)C(=O)NCc2ccco2)C(C)CN1. The first-order chi connectivity index (χ1) is 9.08. The molecular formula is C14H23N3O2. The molecule has 1 amide bonds.